The molecule has 3 N–H and O–H groups in total. The third-order valence-electron chi connectivity index (χ3n) is 5.67. The molecule has 3 aromatic rings. The van der Waals surface area contributed by atoms with Crippen LogP contribution in [0.15, 0.2) is 71.6 Å². The van der Waals surface area contributed by atoms with Crippen LogP contribution in [-0.2, 0) is 27.7 Å². The Labute approximate surface area is 191 Å². The Morgan fingerprint density at radius 3 is 2.42 bits per heavy atom. The van der Waals surface area contributed by atoms with Gasteiger partial charge in [0.15, 0.2) is 23.3 Å². The fourth-order valence-electron chi connectivity index (χ4n) is 3.85. The summed E-state index contributed by atoms with van der Waals surface area (Å²) in [6, 6.07) is 15.9. The molecule has 0 aromatic heterocycles. The maximum Gasteiger partial charge on any atom is 0.250 e. The number of fused-ring (bicyclic) bond motifs is 1. The van der Waals surface area contributed by atoms with Crippen molar-refractivity contribution in [3.8, 4) is 11.5 Å². The summed E-state index contributed by atoms with van der Waals surface area (Å²) >= 11 is 0. The molecule has 33 heavy (non-hydrogen) atoms. The number of phenolic OH excluding ortho intramolecular Hbond substituents is 2. The quantitative estimate of drug-likeness (QED) is 0.392. The first-order valence-electron chi connectivity index (χ1n) is 10.2. The predicted octanol–water partition coefficient (Wildman–Crippen LogP) is 2.71. The first kappa shape index (κ1) is 22.5. The van der Waals surface area contributed by atoms with Gasteiger partial charge in [0.25, 0.3) is 5.91 Å². The number of nitrogens with zero attached hydrogens (tertiary/aromatic N) is 1. The molecule has 1 amide bonds. The van der Waals surface area contributed by atoms with E-state index in [1.165, 1.54) is 37.4 Å². The molecule has 0 saturated carbocycles. The second-order valence-electron chi connectivity index (χ2n) is 7.75. The number of anilines is 1. The summed E-state index contributed by atoms with van der Waals surface area (Å²) in [5.74, 6) is -1.74. The largest absolute Gasteiger partial charge is 0.504 e. The van der Waals surface area contributed by atoms with E-state index in [2.05, 4.69) is 5.32 Å². The van der Waals surface area contributed by atoms with Gasteiger partial charge >= 0.3 is 0 Å². The van der Waals surface area contributed by atoms with Crippen LogP contribution >= 0.6 is 0 Å². The van der Waals surface area contributed by atoms with E-state index in [0.717, 1.165) is 15.4 Å². The number of hydrogen-bond acceptors (Lipinski definition) is 6. The van der Waals surface area contributed by atoms with Gasteiger partial charge in [-0.15, -0.1) is 0 Å². The standard InChI is InChI=1S/C24H22N2O6S/c1-26-22(23(29)17-7-3-5-9-21(17)33(26,31)32)24(30)25-18-8-4-2-6-16(18)12-10-15-11-13-19(27)20(28)14-15/h2-9,11,13-14,22,27-28H,10,12H2,1H3,(H,25,30). The normalized spacial score (nSPS) is 17.4. The van der Waals surface area contributed by atoms with Crippen LogP contribution in [0, 0.1) is 0 Å². The summed E-state index contributed by atoms with van der Waals surface area (Å²) in [7, 11) is -2.78. The van der Waals surface area contributed by atoms with Crippen LogP contribution in [0.3, 0.4) is 0 Å². The molecule has 4 rings (SSSR count). The van der Waals surface area contributed by atoms with Crippen molar-refractivity contribution in [1.82, 2.24) is 4.31 Å². The summed E-state index contributed by atoms with van der Waals surface area (Å²) < 4.78 is 26.5. The molecule has 0 saturated heterocycles. The van der Waals surface area contributed by atoms with Gasteiger partial charge in [-0.3, -0.25) is 9.59 Å². The van der Waals surface area contributed by atoms with Crippen LogP contribution in [-0.4, -0.2) is 47.7 Å². The Bertz CT molecular complexity index is 1350. The van der Waals surface area contributed by atoms with Crippen LogP contribution < -0.4 is 5.32 Å². The molecule has 0 bridgehead atoms. The SMILES string of the molecule is CN1C(C(=O)Nc2ccccc2CCc2ccc(O)c(O)c2)C(=O)c2ccccc2S1(=O)=O. The van der Waals surface area contributed by atoms with Crippen LogP contribution in [0.25, 0.3) is 0 Å². The Morgan fingerprint density at radius 2 is 1.67 bits per heavy atom. The highest BCUT2D eigenvalue weighted by atomic mass is 32.2. The summed E-state index contributed by atoms with van der Waals surface area (Å²) in [5, 5.41) is 21.9. The summed E-state index contributed by atoms with van der Waals surface area (Å²) in [5.41, 5.74) is 2.02. The van der Waals surface area contributed by atoms with Gasteiger partial charge in [-0.1, -0.05) is 36.4 Å². The van der Waals surface area contributed by atoms with Gasteiger partial charge in [-0.2, -0.15) is 4.31 Å². The number of benzene rings is 3. The lowest BCUT2D eigenvalue weighted by Gasteiger charge is -2.31. The zero-order chi connectivity index (χ0) is 23.8. The maximum atomic E-state index is 13.1. The van der Waals surface area contributed by atoms with E-state index < -0.39 is 27.8 Å². The fraction of sp³-hybridized carbons (Fsp3) is 0.167. The molecule has 1 aliphatic rings. The van der Waals surface area contributed by atoms with Crippen molar-refractivity contribution >= 4 is 27.4 Å². The number of nitrogens with one attached hydrogen (secondary N) is 1. The molecular weight excluding hydrogens is 444 g/mol. The Hall–Kier alpha value is -3.69. The van der Waals surface area contributed by atoms with Crippen molar-refractivity contribution in [2.75, 3.05) is 12.4 Å². The second kappa shape index (κ2) is 8.68. The molecule has 0 aliphatic carbocycles. The molecule has 0 radical (unpaired) electrons. The van der Waals surface area contributed by atoms with Crippen molar-refractivity contribution in [3.05, 3.63) is 83.4 Å². The molecule has 1 unspecified atom stereocenters. The monoisotopic (exact) mass is 466 g/mol. The van der Waals surface area contributed by atoms with Gasteiger partial charge in [-0.25, -0.2) is 8.42 Å². The maximum absolute atomic E-state index is 13.1. The van der Waals surface area contributed by atoms with Crippen LogP contribution in [0.1, 0.15) is 21.5 Å². The van der Waals surface area contributed by atoms with Gasteiger partial charge in [0.2, 0.25) is 10.0 Å². The van der Waals surface area contributed by atoms with E-state index in [9.17, 15) is 28.2 Å². The molecule has 0 spiro atoms. The lowest BCUT2D eigenvalue weighted by molar-refractivity contribution is -0.118. The molecule has 1 atom stereocenters. The van der Waals surface area contributed by atoms with E-state index in [4.69, 9.17) is 0 Å². The number of aromatic hydroxyl groups is 2. The van der Waals surface area contributed by atoms with Crippen molar-refractivity contribution in [2.24, 2.45) is 0 Å². The van der Waals surface area contributed by atoms with Crippen LogP contribution in [0.2, 0.25) is 0 Å². The Kier molecular flexibility index (Phi) is 5.92. The van der Waals surface area contributed by atoms with E-state index in [1.807, 2.05) is 6.07 Å². The molecule has 170 valence electrons. The van der Waals surface area contributed by atoms with E-state index in [0.29, 0.717) is 18.5 Å². The molecule has 1 aliphatic heterocycles. The lowest BCUT2D eigenvalue weighted by Crippen LogP contribution is -2.53. The van der Waals surface area contributed by atoms with Crippen molar-refractivity contribution in [1.29, 1.82) is 0 Å². The van der Waals surface area contributed by atoms with Crippen LogP contribution in [0.5, 0.6) is 11.5 Å². The minimum atomic E-state index is -4.00. The highest BCUT2D eigenvalue weighted by Gasteiger charge is 2.45. The topological polar surface area (TPSA) is 124 Å². The molecule has 9 heteroatoms. The van der Waals surface area contributed by atoms with E-state index in [-0.39, 0.29) is 22.0 Å². The number of ketones is 1. The van der Waals surface area contributed by atoms with Gasteiger partial charge in [0.05, 0.1) is 4.90 Å². The highest BCUT2D eigenvalue weighted by molar-refractivity contribution is 7.89. The molecule has 8 nitrogen and oxygen atoms in total. The van der Waals surface area contributed by atoms with Crippen molar-refractivity contribution in [2.45, 2.75) is 23.8 Å². The number of para-hydroxylation sites is 1. The summed E-state index contributed by atoms with van der Waals surface area (Å²) in [4.78, 5) is 26.0. The predicted molar refractivity (Wildman–Crippen MR) is 122 cm³/mol. The summed E-state index contributed by atoms with van der Waals surface area (Å²) in [6.45, 7) is 0. The zero-order valence-electron chi connectivity index (χ0n) is 17.7. The van der Waals surface area contributed by atoms with Gasteiger partial charge in [0, 0.05) is 18.3 Å². The minimum Gasteiger partial charge on any atom is -0.504 e. The average molecular weight is 467 g/mol. The third-order valence-corrected chi connectivity index (χ3v) is 7.55. The number of carbonyl (C=O) groups excluding carboxylic acids is 2. The van der Waals surface area contributed by atoms with Crippen molar-refractivity contribution in [3.63, 3.8) is 0 Å². The first-order chi connectivity index (χ1) is 15.7. The lowest BCUT2D eigenvalue weighted by atomic mass is 10.0. The highest BCUT2D eigenvalue weighted by Crippen LogP contribution is 2.30. The van der Waals surface area contributed by atoms with Crippen molar-refractivity contribution < 1.29 is 28.2 Å². The Morgan fingerprint density at radius 1 is 0.970 bits per heavy atom. The third kappa shape index (κ3) is 4.20. The first-order valence-corrected chi connectivity index (χ1v) is 11.6. The van der Waals surface area contributed by atoms with E-state index >= 15 is 0 Å². The van der Waals surface area contributed by atoms with Gasteiger partial charge in [0.1, 0.15) is 0 Å². The van der Waals surface area contributed by atoms with Gasteiger partial charge < -0.3 is 15.5 Å². The number of rotatable bonds is 5. The van der Waals surface area contributed by atoms with Gasteiger partial charge in [-0.05, 0) is 54.3 Å². The number of aryl methyl sites for hydroxylation is 2. The number of likely N-dealkylation sites (N-methyl/N-ethyl adjacent to an activating group) is 1. The zero-order valence-corrected chi connectivity index (χ0v) is 18.5. The average Bonchev–Trinajstić information content (AvgIpc) is 2.80. The second-order valence-corrected chi connectivity index (χ2v) is 9.72. The molecule has 0 fully saturated rings. The number of amides is 1. The molecule has 3 aromatic carbocycles. The smallest absolute Gasteiger partial charge is 0.250 e. The van der Waals surface area contributed by atoms with E-state index in [1.54, 1.807) is 30.3 Å². The molecule has 1 heterocycles. The van der Waals surface area contributed by atoms with Crippen LogP contribution in [0.4, 0.5) is 5.69 Å². The Balaban J connectivity index is 1.57. The number of phenols is 2. The number of sulfonamides is 1. The minimum absolute atomic E-state index is 0.00354. The fourth-order valence-corrected chi connectivity index (χ4v) is 5.33. The summed E-state index contributed by atoms with van der Waals surface area (Å²) in [6.07, 6.45) is 1.01. The number of carbonyl (C=O) groups is 2. The number of hydrogen-bond donors (Lipinski definition) is 3. The number of Topliss-reactive ketones (excluding diaryl/α,β-unsaturated/α-hetero) is 1. The molecular formula is C24H22N2O6S.